The fraction of sp³-hybridized carbons (Fsp3) is 0.458. The zero-order valence-electron chi connectivity index (χ0n) is 16.6. The van der Waals surface area contributed by atoms with E-state index in [-0.39, 0.29) is 0 Å². The molecule has 1 aromatic carbocycles. The maximum atomic E-state index is 11.4. The van der Waals surface area contributed by atoms with Crippen LogP contribution in [0.5, 0.6) is 0 Å². The van der Waals surface area contributed by atoms with Gasteiger partial charge in [-0.1, -0.05) is 25.1 Å². The second-order valence-electron chi connectivity index (χ2n) is 8.43. The van der Waals surface area contributed by atoms with Crippen LogP contribution in [0.2, 0.25) is 0 Å². The van der Waals surface area contributed by atoms with Crippen LogP contribution in [0.4, 0.5) is 5.69 Å². The van der Waals surface area contributed by atoms with Crippen LogP contribution in [0.15, 0.2) is 48.9 Å². The smallest absolute Gasteiger partial charge is 0.0995 e. The maximum Gasteiger partial charge on any atom is 0.0995 e. The van der Waals surface area contributed by atoms with E-state index in [0.717, 1.165) is 43.6 Å². The van der Waals surface area contributed by atoms with Gasteiger partial charge in [-0.25, -0.2) is 4.98 Å². The maximum absolute atomic E-state index is 11.4. The Balaban J connectivity index is 1.34. The van der Waals surface area contributed by atoms with E-state index in [2.05, 4.69) is 57.6 Å². The summed E-state index contributed by atoms with van der Waals surface area (Å²) in [6.45, 7) is 4.20. The first-order chi connectivity index (χ1) is 13.7. The number of aromatic nitrogens is 2. The zero-order chi connectivity index (χ0) is 19.1. The van der Waals surface area contributed by atoms with Crippen LogP contribution in [-0.2, 0) is 6.42 Å². The minimum atomic E-state index is -0.418. The predicted octanol–water partition coefficient (Wildman–Crippen LogP) is 4.72. The quantitative estimate of drug-likeness (QED) is 0.701. The van der Waals surface area contributed by atoms with Crippen molar-refractivity contribution in [2.75, 3.05) is 18.0 Å². The van der Waals surface area contributed by atoms with E-state index in [4.69, 9.17) is 0 Å². The second-order valence-corrected chi connectivity index (χ2v) is 8.43. The number of piperidine rings is 1. The number of fused-ring (bicyclic) bond motifs is 1. The highest BCUT2D eigenvalue weighted by Gasteiger charge is 2.34. The molecule has 0 spiro atoms. The SMILES string of the molecule is CCc1ccc(N2CCC([C@H](O)c3c(C4CC4)ccc4cncn34)CC2)cc1. The van der Waals surface area contributed by atoms with Gasteiger partial charge in [0.1, 0.15) is 0 Å². The van der Waals surface area contributed by atoms with Crippen LogP contribution in [0.25, 0.3) is 5.52 Å². The topological polar surface area (TPSA) is 40.8 Å². The molecule has 146 valence electrons. The Morgan fingerprint density at radius 3 is 2.46 bits per heavy atom. The number of aliphatic hydroxyl groups is 1. The van der Waals surface area contributed by atoms with Gasteiger partial charge in [0, 0.05) is 18.8 Å². The monoisotopic (exact) mass is 375 g/mol. The average Bonchev–Trinajstić information content (AvgIpc) is 3.49. The van der Waals surface area contributed by atoms with Crippen molar-refractivity contribution in [2.45, 2.75) is 51.0 Å². The minimum absolute atomic E-state index is 0.302. The summed E-state index contributed by atoms with van der Waals surface area (Å²) in [4.78, 5) is 6.78. The van der Waals surface area contributed by atoms with Gasteiger partial charge in [0.15, 0.2) is 0 Å². The van der Waals surface area contributed by atoms with Crippen LogP contribution >= 0.6 is 0 Å². The van der Waals surface area contributed by atoms with Gasteiger partial charge in [-0.15, -0.1) is 0 Å². The first kappa shape index (κ1) is 17.7. The van der Waals surface area contributed by atoms with Crippen molar-refractivity contribution in [3.05, 3.63) is 65.7 Å². The number of aliphatic hydroxyl groups excluding tert-OH is 1. The predicted molar refractivity (Wildman–Crippen MR) is 113 cm³/mol. The lowest BCUT2D eigenvalue weighted by atomic mass is 9.87. The molecular weight excluding hydrogens is 346 g/mol. The Morgan fingerprint density at radius 2 is 1.79 bits per heavy atom. The van der Waals surface area contributed by atoms with Crippen molar-refractivity contribution in [2.24, 2.45) is 5.92 Å². The molecule has 28 heavy (non-hydrogen) atoms. The molecule has 2 aliphatic rings. The van der Waals surface area contributed by atoms with E-state index in [1.165, 1.54) is 29.7 Å². The molecule has 5 rings (SSSR count). The number of nitrogens with zero attached hydrogens (tertiary/aromatic N) is 3. The molecule has 1 saturated carbocycles. The van der Waals surface area contributed by atoms with Crippen molar-refractivity contribution in [3.8, 4) is 0 Å². The number of hydrogen-bond acceptors (Lipinski definition) is 3. The number of aryl methyl sites for hydroxylation is 1. The van der Waals surface area contributed by atoms with E-state index in [0.29, 0.717) is 11.8 Å². The summed E-state index contributed by atoms with van der Waals surface area (Å²) in [6.07, 6.45) is 8.94. The van der Waals surface area contributed by atoms with Gasteiger partial charge in [0.25, 0.3) is 0 Å². The van der Waals surface area contributed by atoms with Crippen molar-refractivity contribution in [1.82, 2.24) is 9.38 Å². The van der Waals surface area contributed by atoms with Gasteiger partial charge in [-0.2, -0.15) is 0 Å². The molecule has 2 fully saturated rings. The first-order valence-electron chi connectivity index (χ1n) is 10.7. The lowest BCUT2D eigenvalue weighted by molar-refractivity contribution is 0.0871. The summed E-state index contributed by atoms with van der Waals surface area (Å²) in [5, 5.41) is 11.4. The molecule has 0 amide bonds. The molecule has 1 aliphatic heterocycles. The molecule has 3 heterocycles. The molecule has 1 saturated heterocycles. The Labute approximate surface area is 166 Å². The van der Waals surface area contributed by atoms with Crippen LogP contribution in [0.3, 0.4) is 0 Å². The highest BCUT2D eigenvalue weighted by Crippen LogP contribution is 2.45. The molecule has 0 bridgehead atoms. The normalized spacial score (nSPS) is 19.3. The third-order valence-electron chi connectivity index (χ3n) is 6.65. The summed E-state index contributed by atoms with van der Waals surface area (Å²) in [6, 6.07) is 13.3. The summed E-state index contributed by atoms with van der Waals surface area (Å²) in [5.74, 6) is 0.922. The molecule has 0 radical (unpaired) electrons. The van der Waals surface area contributed by atoms with Crippen LogP contribution in [0, 0.1) is 5.92 Å². The largest absolute Gasteiger partial charge is 0.387 e. The first-order valence-corrected chi connectivity index (χ1v) is 10.7. The Kier molecular flexibility index (Phi) is 4.59. The number of pyridine rings is 1. The molecule has 1 N–H and O–H groups in total. The lowest BCUT2D eigenvalue weighted by Gasteiger charge is -2.36. The molecule has 0 unspecified atom stereocenters. The summed E-state index contributed by atoms with van der Waals surface area (Å²) >= 11 is 0. The lowest BCUT2D eigenvalue weighted by Crippen LogP contribution is -2.36. The third kappa shape index (κ3) is 3.20. The van der Waals surface area contributed by atoms with E-state index >= 15 is 0 Å². The molecule has 4 heteroatoms. The van der Waals surface area contributed by atoms with Crippen LogP contribution in [0.1, 0.15) is 61.4 Å². The summed E-state index contributed by atoms with van der Waals surface area (Å²) < 4.78 is 2.12. The molecule has 2 aromatic heterocycles. The van der Waals surface area contributed by atoms with Gasteiger partial charge >= 0.3 is 0 Å². The number of rotatable bonds is 5. The number of hydrogen-bond donors (Lipinski definition) is 1. The average molecular weight is 376 g/mol. The van der Waals surface area contributed by atoms with Crippen LogP contribution in [-0.4, -0.2) is 27.6 Å². The zero-order valence-corrected chi connectivity index (χ0v) is 16.6. The van der Waals surface area contributed by atoms with Gasteiger partial charge in [-0.05, 0) is 73.3 Å². The van der Waals surface area contributed by atoms with Crippen molar-refractivity contribution in [3.63, 3.8) is 0 Å². The third-order valence-corrected chi connectivity index (χ3v) is 6.65. The van der Waals surface area contributed by atoms with Crippen molar-refractivity contribution >= 4 is 11.2 Å². The Morgan fingerprint density at radius 1 is 1.04 bits per heavy atom. The molecular formula is C24H29N3O. The summed E-state index contributed by atoms with van der Waals surface area (Å²) in [5.41, 5.74) is 6.18. The fourth-order valence-electron chi connectivity index (χ4n) is 4.72. The molecule has 4 nitrogen and oxygen atoms in total. The Hall–Kier alpha value is -2.33. The molecule has 1 atom stereocenters. The Bertz CT molecular complexity index is 950. The molecule has 1 aliphatic carbocycles. The van der Waals surface area contributed by atoms with E-state index < -0.39 is 6.10 Å². The fourth-order valence-corrected chi connectivity index (χ4v) is 4.72. The van der Waals surface area contributed by atoms with Crippen molar-refractivity contribution in [1.29, 1.82) is 0 Å². The van der Waals surface area contributed by atoms with E-state index in [9.17, 15) is 5.11 Å². The standard InChI is InChI=1S/C24H29N3O/c1-2-17-3-7-20(8-4-17)26-13-11-19(12-14-26)24(28)23-22(18-5-6-18)10-9-21-15-25-16-27(21)23/h3-4,7-10,15-16,18-19,24,28H,2,5-6,11-14H2,1H3/t24-/m0/s1. The number of imidazole rings is 1. The van der Waals surface area contributed by atoms with Gasteiger partial charge in [0.2, 0.25) is 0 Å². The highest BCUT2D eigenvalue weighted by molar-refractivity contribution is 5.51. The number of anilines is 1. The van der Waals surface area contributed by atoms with Gasteiger partial charge in [0.05, 0.1) is 29.8 Å². The minimum Gasteiger partial charge on any atom is -0.387 e. The van der Waals surface area contributed by atoms with Crippen LogP contribution < -0.4 is 4.90 Å². The van der Waals surface area contributed by atoms with Gasteiger partial charge < -0.3 is 14.4 Å². The van der Waals surface area contributed by atoms with E-state index in [1.54, 1.807) is 0 Å². The number of benzene rings is 1. The van der Waals surface area contributed by atoms with E-state index in [1.807, 2.05) is 12.5 Å². The summed E-state index contributed by atoms with van der Waals surface area (Å²) in [7, 11) is 0. The molecule has 3 aromatic rings. The van der Waals surface area contributed by atoms with Crippen molar-refractivity contribution < 1.29 is 5.11 Å². The van der Waals surface area contributed by atoms with Gasteiger partial charge in [-0.3, -0.25) is 0 Å². The second kappa shape index (κ2) is 7.25. The highest BCUT2D eigenvalue weighted by atomic mass is 16.3.